The third kappa shape index (κ3) is 5.77. The van der Waals surface area contributed by atoms with Crippen molar-refractivity contribution < 1.29 is 0 Å². The second-order valence-electron chi connectivity index (χ2n) is 6.68. The van der Waals surface area contributed by atoms with E-state index in [1.54, 1.807) is 0 Å². The van der Waals surface area contributed by atoms with Crippen LogP contribution in [0.3, 0.4) is 0 Å². The Hall–Kier alpha value is -0.900. The first-order valence-electron chi connectivity index (χ1n) is 8.31. The van der Waals surface area contributed by atoms with Crippen molar-refractivity contribution in [1.82, 2.24) is 15.1 Å². The molecule has 2 atom stereocenters. The summed E-state index contributed by atoms with van der Waals surface area (Å²) >= 11 is 0. The predicted molar refractivity (Wildman–Crippen MR) is 90.8 cm³/mol. The van der Waals surface area contributed by atoms with Crippen LogP contribution in [0.5, 0.6) is 0 Å². The molecule has 0 unspecified atom stereocenters. The molecule has 0 aliphatic carbocycles. The first kappa shape index (κ1) is 16.5. The highest BCUT2D eigenvalue weighted by atomic mass is 15.2. The second-order valence-corrected chi connectivity index (χ2v) is 6.68. The summed E-state index contributed by atoms with van der Waals surface area (Å²) in [4.78, 5) is 5.02. The Balaban J connectivity index is 1.62. The van der Waals surface area contributed by atoms with Crippen LogP contribution in [0, 0.1) is 5.92 Å². The van der Waals surface area contributed by atoms with Crippen LogP contribution < -0.4 is 5.32 Å². The molecule has 1 heterocycles. The molecule has 21 heavy (non-hydrogen) atoms. The number of hydrogen-bond donors (Lipinski definition) is 1. The van der Waals surface area contributed by atoms with Gasteiger partial charge in [0.05, 0.1) is 0 Å². The van der Waals surface area contributed by atoms with Crippen molar-refractivity contribution in [3.8, 4) is 0 Å². The molecule has 118 valence electrons. The minimum atomic E-state index is 0.585. The molecule has 0 aromatic heterocycles. The van der Waals surface area contributed by atoms with Gasteiger partial charge in [0.25, 0.3) is 0 Å². The van der Waals surface area contributed by atoms with E-state index in [1.807, 2.05) is 0 Å². The van der Waals surface area contributed by atoms with Crippen molar-refractivity contribution in [3.05, 3.63) is 35.9 Å². The minimum Gasteiger partial charge on any atom is -0.316 e. The van der Waals surface area contributed by atoms with Gasteiger partial charge in [-0.2, -0.15) is 0 Å². The standard InChI is InChI=1S/C18H31N3/c1-16(15-21-11-9-20(3)10-12-21)13-19-14-17(2)18-7-5-4-6-8-18/h4-8,16-17,19H,9-15H2,1-3H3/t16-,17-/m1/s1. The highest BCUT2D eigenvalue weighted by Gasteiger charge is 2.16. The third-order valence-corrected chi connectivity index (χ3v) is 4.48. The average molecular weight is 289 g/mol. The van der Waals surface area contributed by atoms with E-state index in [1.165, 1.54) is 38.3 Å². The first-order chi connectivity index (χ1) is 10.1. The van der Waals surface area contributed by atoms with E-state index < -0.39 is 0 Å². The largest absolute Gasteiger partial charge is 0.316 e. The number of nitrogens with zero attached hydrogens (tertiary/aromatic N) is 2. The van der Waals surface area contributed by atoms with Crippen LogP contribution in [0.15, 0.2) is 30.3 Å². The molecule has 3 nitrogen and oxygen atoms in total. The van der Waals surface area contributed by atoms with Gasteiger partial charge in [0.2, 0.25) is 0 Å². The van der Waals surface area contributed by atoms with Crippen LogP contribution in [0.4, 0.5) is 0 Å². The fourth-order valence-electron chi connectivity index (χ4n) is 2.98. The van der Waals surface area contributed by atoms with Gasteiger partial charge in [0, 0.05) is 39.3 Å². The van der Waals surface area contributed by atoms with E-state index >= 15 is 0 Å². The number of nitrogens with one attached hydrogen (secondary N) is 1. The maximum atomic E-state index is 3.64. The molecule has 1 saturated heterocycles. The monoisotopic (exact) mass is 289 g/mol. The zero-order valence-electron chi connectivity index (χ0n) is 13.9. The molecule has 0 amide bonds. The lowest BCUT2D eigenvalue weighted by Crippen LogP contribution is -2.46. The average Bonchev–Trinajstić information content (AvgIpc) is 2.50. The maximum Gasteiger partial charge on any atom is 0.0110 e. The molecule has 1 aliphatic heterocycles. The Morgan fingerprint density at radius 2 is 1.67 bits per heavy atom. The van der Waals surface area contributed by atoms with Gasteiger partial charge in [-0.05, 0) is 31.0 Å². The van der Waals surface area contributed by atoms with E-state index in [0.717, 1.165) is 19.0 Å². The van der Waals surface area contributed by atoms with E-state index in [0.29, 0.717) is 5.92 Å². The van der Waals surface area contributed by atoms with Crippen molar-refractivity contribution in [2.45, 2.75) is 19.8 Å². The normalized spacial score (nSPS) is 20.3. The van der Waals surface area contributed by atoms with Gasteiger partial charge in [0.15, 0.2) is 0 Å². The van der Waals surface area contributed by atoms with Crippen LogP contribution >= 0.6 is 0 Å². The molecular formula is C18H31N3. The first-order valence-corrected chi connectivity index (χ1v) is 8.31. The van der Waals surface area contributed by atoms with Crippen LogP contribution in [-0.2, 0) is 0 Å². The Morgan fingerprint density at radius 3 is 2.33 bits per heavy atom. The third-order valence-electron chi connectivity index (χ3n) is 4.48. The van der Waals surface area contributed by atoms with E-state index in [-0.39, 0.29) is 0 Å². The molecule has 2 rings (SSSR count). The van der Waals surface area contributed by atoms with Gasteiger partial charge in [-0.1, -0.05) is 44.2 Å². The molecule has 0 saturated carbocycles. The maximum absolute atomic E-state index is 3.64. The fraction of sp³-hybridized carbons (Fsp3) is 0.667. The molecule has 3 heteroatoms. The van der Waals surface area contributed by atoms with Gasteiger partial charge in [-0.3, -0.25) is 0 Å². The summed E-state index contributed by atoms with van der Waals surface area (Å²) in [5.41, 5.74) is 1.43. The molecule has 0 bridgehead atoms. The number of likely N-dealkylation sites (N-methyl/N-ethyl adjacent to an activating group) is 1. The number of benzene rings is 1. The molecule has 1 aliphatic rings. The summed E-state index contributed by atoms with van der Waals surface area (Å²) in [6, 6.07) is 10.8. The lowest BCUT2D eigenvalue weighted by Gasteiger charge is -2.34. The van der Waals surface area contributed by atoms with Crippen molar-refractivity contribution in [2.24, 2.45) is 5.92 Å². The van der Waals surface area contributed by atoms with Crippen LogP contribution in [0.1, 0.15) is 25.3 Å². The summed E-state index contributed by atoms with van der Waals surface area (Å²) in [5, 5.41) is 3.64. The molecule has 0 spiro atoms. The quantitative estimate of drug-likeness (QED) is 0.831. The topological polar surface area (TPSA) is 18.5 Å². The molecule has 1 fully saturated rings. The molecule has 1 aromatic rings. The second kappa shape index (κ2) is 8.52. The van der Waals surface area contributed by atoms with E-state index in [9.17, 15) is 0 Å². The molecule has 1 aromatic carbocycles. The predicted octanol–water partition coefficient (Wildman–Crippen LogP) is 2.26. The summed E-state index contributed by atoms with van der Waals surface area (Å²) in [5.74, 6) is 1.30. The summed E-state index contributed by atoms with van der Waals surface area (Å²) < 4.78 is 0. The van der Waals surface area contributed by atoms with Crippen molar-refractivity contribution in [2.75, 3.05) is 52.9 Å². The Morgan fingerprint density at radius 1 is 1.00 bits per heavy atom. The van der Waals surface area contributed by atoms with Crippen molar-refractivity contribution in [1.29, 1.82) is 0 Å². The van der Waals surface area contributed by atoms with Crippen molar-refractivity contribution >= 4 is 0 Å². The van der Waals surface area contributed by atoms with Crippen molar-refractivity contribution in [3.63, 3.8) is 0 Å². The van der Waals surface area contributed by atoms with Gasteiger partial charge in [0.1, 0.15) is 0 Å². The summed E-state index contributed by atoms with van der Waals surface area (Å²) in [7, 11) is 2.22. The Kier molecular flexibility index (Phi) is 6.68. The van der Waals surface area contributed by atoms with Crippen LogP contribution in [-0.4, -0.2) is 62.7 Å². The van der Waals surface area contributed by atoms with Crippen LogP contribution in [0.2, 0.25) is 0 Å². The zero-order valence-corrected chi connectivity index (χ0v) is 13.9. The molecule has 1 N–H and O–H groups in total. The zero-order chi connectivity index (χ0) is 15.1. The fourth-order valence-corrected chi connectivity index (χ4v) is 2.98. The van der Waals surface area contributed by atoms with Crippen LogP contribution in [0.25, 0.3) is 0 Å². The van der Waals surface area contributed by atoms with Gasteiger partial charge in [-0.15, -0.1) is 0 Å². The Bertz CT molecular complexity index is 385. The summed E-state index contributed by atoms with van der Waals surface area (Å²) in [6.45, 7) is 12.9. The highest BCUT2D eigenvalue weighted by Crippen LogP contribution is 2.13. The highest BCUT2D eigenvalue weighted by molar-refractivity contribution is 5.18. The SMILES string of the molecule is C[C@H](CNC[C@@H](C)c1ccccc1)CN1CCN(C)CC1. The lowest BCUT2D eigenvalue weighted by atomic mass is 10.0. The molecular weight excluding hydrogens is 258 g/mol. The van der Waals surface area contributed by atoms with Gasteiger partial charge < -0.3 is 15.1 Å². The number of rotatable bonds is 7. The number of piperazine rings is 1. The lowest BCUT2D eigenvalue weighted by molar-refractivity contribution is 0.138. The molecule has 0 radical (unpaired) electrons. The van der Waals surface area contributed by atoms with E-state index in [4.69, 9.17) is 0 Å². The summed E-state index contributed by atoms with van der Waals surface area (Å²) in [6.07, 6.45) is 0. The number of hydrogen-bond acceptors (Lipinski definition) is 3. The smallest absolute Gasteiger partial charge is 0.0110 e. The van der Waals surface area contributed by atoms with Gasteiger partial charge >= 0.3 is 0 Å². The Labute approximate surface area is 130 Å². The van der Waals surface area contributed by atoms with E-state index in [2.05, 4.69) is 66.3 Å². The minimum absolute atomic E-state index is 0.585. The van der Waals surface area contributed by atoms with Gasteiger partial charge in [-0.25, -0.2) is 0 Å².